The van der Waals surface area contributed by atoms with Crippen LogP contribution in [0.15, 0.2) is 24.3 Å². The summed E-state index contributed by atoms with van der Waals surface area (Å²) in [4.78, 5) is 14.5. The zero-order valence-corrected chi connectivity index (χ0v) is 17.1. The average molecular weight is 418 g/mol. The minimum atomic E-state index is -4.55. The topological polar surface area (TPSA) is 50.2 Å². The summed E-state index contributed by atoms with van der Waals surface area (Å²) in [7, 11) is 0. The van der Waals surface area contributed by atoms with Gasteiger partial charge in [0.1, 0.15) is 0 Å². The summed E-state index contributed by atoms with van der Waals surface area (Å²) in [5.74, 6) is 2.25. The predicted molar refractivity (Wildman–Crippen MR) is 108 cm³/mol. The summed E-state index contributed by atoms with van der Waals surface area (Å²) in [5, 5.41) is 6.93. The van der Waals surface area contributed by atoms with Crippen LogP contribution < -0.4 is 5.32 Å². The van der Waals surface area contributed by atoms with Crippen molar-refractivity contribution in [3.05, 3.63) is 46.8 Å². The Morgan fingerprint density at radius 3 is 2.70 bits per heavy atom. The average Bonchev–Trinajstić information content (AvgIpc) is 3.04. The molecule has 30 heavy (non-hydrogen) atoms. The van der Waals surface area contributed by atoms with Crippen molar-refractivity contribution in [2.45, 2.75) is 51.9 Å². The molecule has 1 unspecified atom stereocenters. The quantitative estimate of drug-likeness (QED) is 0.755. The van der Waals surface area contributed by atoms with Crippen molar-refractivity contribution >= 4 is 5.91 Å². The molecule has 1 fully saturated rings. The molecule has 2 aromatic rings. The van der Waals surface area contributed by atoms with Crippen molar-refractivity contribution in [3.8, 4) is 18.0 Å². The van der Waals surface area contributed by atoms with E-state index in [4.69, 9.17) is 6.42 Å². The number of amides is 1. The van der Waals surface area contributed by atoms with Gasteiger partial charge >= 0.3 is 6.18 Å². The maximum absolute atomic E-state index is 13.7. The SMILES string of the molecule is C#CCN1CCCCC1C(=O)NCc1ccc(-n2nc(C)cc2C)cc1C(F)(F)F. The number of alkyl halides is 3. The third-order valence-electron chi connectivity index (χ3n) is 5.32. The van der Waals surface area contributed by atoms with E-state index in [0.717, 1.165) is 30.3 Å². The molecule has 1 aliphatic rings. The monoisotopic (exact) mass is 418 g/mol. The van der Waals surface area contributed by atoms with Gasteiger partial charge in [0.2, 0.25) is 5.91 Å². The van der Waals surface area contributed by atoms with Gasteiger partial charge in [0.25, 0.3) is 0 Å². The van der Waals surface area contributed by atoms with Crippen LogP contribution in [0.5, 0.6) is 0 Å². The first-order valence-electron chi connectivity index (χ1n) is 9.89. The third-order valence-corrected chi connectivity index (χ3v) is 5.32. The van der Waals surface area contributed by atoms with Gasteiger partial charge in [0.15, 0.2) is 0 Å². The van der Waals surface area contributed by atoms with Crippen LogP contribution in [-0.2, 0) is 17.5 Å². The van der Waals surface area contributed by atoms with Gasteiger partial charge in [-0.3, -0.25) is 9.69 Å². The largest absolute Gasteiger partial charge is 0.416 e. The van der Waals surface area contributed by atoms with Crippen molar-refractivity contribution < 1.29 is 18.0 Å². The number of hydrogen-bond acceptors (Lipinski definition) is 3. The Balaban J connectivity index is 1.81. The number of piperidine rings is 1. The van der Waals surface area contributed by atoms with E-state index >= 15 is 0 Å². The van der Waals surface area contributed by atoms with Gasteiger partial charge in [-0.05, 0) is 57.0 Å². The molecule has 0 radical (unpaired) electrons. The van der Waals surface area contributed by atoms with Crippen molar-refractivity contribution in [1.82, 2.24) is 20.0 Å². The number of terminal acetylenes is 1. The molecule has 8 heteroatoms. The predicted octanol–water partition coefficient (Wildman–Crippen LogP) is 3.61. The van der Waals surface area contributed by atoms with Crippen molar-refractivity contribution in [2.75, 3.05) is 13.1 Å². The molecule has 1 aromatic heterocycles. The molecular formula is C22H25F3N4O. The van der Waals surface area contributed by atoms with Crippen LogP contribution in [0.1, 0.15) is 41.8 Å². The van der Waals surface area contributed by atoms with Gasteiger partial charge in [-0.2, -0.15) is 18.3 Å². The number of rotatable bonds is 5. The first kappa shape index (κ1) is 21.9. The summed E-state index contributed by atoms with van der Waals surface area (Å²) in [6, 6.07) is 5.45. The second-order valence-corrected chi connectivity index (χ2v) is 7.58. The number of halogens is 3. The fourth-order valence-electron chi connectivity index (χ4n) is 3.90. The summed E-state index contributed by atoms with van der Waals surface area (Å²) >= 11 is 0. The molecule has 1 amide bonds. The van der Waals surface area contributed by atoms with Crippen molar-refractivity contribution in [2.24, 2.45) is 0 Å². The highest BCUT2D eigenvalue weighted by Crippen LogP contribution is 2.33. The number of aryl methyl sites for hydroxylation is 2. The van der Waals surface area contributed by atoms with Gasteiger partial charge < -0.3 is 5.32 Å². The van der Waals surface area contributed by atoms with Crippen molar-refractivity contribution in [1.29, 1.82) is 0 Å². The van der Waals surface area contributed by atoms with E-state index in [1.54, 1.807) is 26.0 Å². The molecule has 0 aliphatic carbocycles. The maximum atomic E-state index is 13.7. The second-order valence-electron chi connectivity index (χ2n) is 7.58. The smallest absolute Gasteiger partial charge is 0.351 e. The summed E-state index contributed by atoms with van der Waals surface area (Å²) in [5.41, 5.74) is 1.03. The fraction of sp³-hybridized carbons (Fsp3) is 0.455. The van der Waals surface area contributed by atoms with Gasteiger partial charge in [-0.15, -0.1) is 6.42 Å². The molecular weight excluding hydrogens is 393 g/mol. The Labute approximate surface area is 174 Å². The number of nitrogens with one attached hydrogen (secondary N) is 1. The van der Waals surface area contributed by atoms with Gasteiger partial charge in [0, 0.05) is 12.2 Å². The standard InChI is InChI=1S/C22H25F3N4O/c1-4-10-28-11-6-5-7-20(28)21(30)26-14-17-8-9-18(13-19(17)22(23,24)25)29-16(3)12-15(2)27-29/h1,8-9,12-13,20H,5-7,10-11,14H2,2-3H3,(H,26,30). The number of carbonyl (C=O) groups excluding carboxylic acids is 1. The molecule has 1 N–H and O–H groups in total. The molecule has 0 spiro atoms. The molecule has 0 saturated carbocycles. The lowest BCUT2D eigenvalue weighted by Crippen LogP contribution is -2.49. The third kappa shape index (κ3) is 4.85. The molecule has 3 rings (SSSR count). The minimum absolute atomic E-state index is 0.0143. The minimum Gasteiger partial charge on any atom is -0.351 e. The molecule has 1 saturated heterocycles. The van der Waals surface area contributed by atoms with E-state index in [9.17, 15) is 18.0 Å². The van der Waals surface area contributed by atoms with E-state index < -0.39 is 17.8 Å². The van der Waals surface area contributed by atoms with Crippen LogP contribution in [0.4, 0.5) is 13.2 Å². The highest BCUT2D eigenvalue weighted by Gasteiger charge is 2.34. The fourth-order valence-corrected chi connectivity index (χ4v) is 3.90. The maximum Gasteiger partial charge on any atom is 0.416 e. The zero-order valence-electron chi connectivity index (χ0n) is 17.1. The Bertz CT molecular complexity index is 958. The van der Waals surface area contributed by atoms with Crippen LogP contribution in [0.25, 0.3) is 5.69 Å². The lowest BCUT2D eigenvalue weighted by molar-refractivity contribution is -0.138. The van der Waals surface area contributed by atoms with Crippen LogP contribution in [0.2, 0.25) is 0 Å². The molecule has 0 bridgehead atoms. The number of carbonyl (C=O) groups is 1. The second kappa shape index (κ2) is 8.92. The Kier molecular flexibility index (Phi) is 6.52. The van der Waals surface area contributed by atoms with E-state index in [0.29, 0.717) is 25.2 Å². The summed E-state index contributed by atoms with van der Waals surface area (Å²) in [6.45, 7) is 4.43. The molecule has 1 aliphatic heterocycles. The molecule has 5 nitrogen and oxygen atoms in total. The van der Waals surface area contributed by atoms with Crippen LogP contribution in [0.3, 0.4) is 0 Å². The molecule has 2 heterocycles. The molecule has 1 atom stereocenters. The van der Waals surface area contributed by atoms with E-state index in [1.807, 2.05) is 4.90 Å². The van der Waals surface area contributed by atoms with Gasteiger partial charge in [-0.25, -0.2) is 4.68 Å². The zero-order chi connectivity index (χ0) is 21.9. The van der Waals surface area contributed by atoms with Crippen LogP contribution in [0, 0.1) is 26.2 Å². The lowest BCUT2D eigenvalue weighted by Gasteiger charge is -2.33. The normalized spacial score (nSPS) is 17.5. The number of benzene rings is 1. The number of nitrogens with zero attached hydrogens (tertiary/aromatic N) is 3. The Morgan fingerprint density at radius 1 is 1.30 bits per heavy atom. The number of aromatic nitrogens is 2. The van der Waals surface area contributed by atoms with Gasteiger partial charge in [0.05, 0.1) is 29.5 Å². The first-order valence-corrected chi connectivity index (χ1v) is 9.89. The lowest BCUT2D eigenvalue weighted by atomic mass is 10.0. The van der Waals surface area contributed by atoms with E-state index in [-0.39, 0.29) is 18.0 Å². The molecule has 160 valence electrons. The van der Waals surface area contributed by atoms with Crippen LogP contribution in [-0.4, -0.2) is 39.7 Å². The number of likely N-dealkylation sites (tertiary alicyclic amines) is 1. The Hall–Kier alpha value is -2.79. The Morgan fingerprint density at radius 2 is 2.07 bits per heavy atom. The van der Waals surface area contributed by atoms with Crippen LogP contribution >= 0.6 is 0 Å². The van der Waals surface area contributed by atoms with Gasteiger partial charge in [-0.1, -0.05) is 18.4 Å². The molecule has 1 aromatic carbocycles. The highest BCUT2D eigenvalue weighted by atomic mass is 19.4. The summed E-state index contributed by atoms with van der Waals surface area (Å²) in [6.07, 6.45) is 3.32. The number of hydrogen-bond donors (Lipinski definition) is 1. The highest BCUT2D eigenvalue weighted by molar-refractivity contribution is 5.81. The summed E-state index contributed by atoms with van der Waals surface area (Å²) < 4.78 is 42.6. The van der Waals surface area contributed by atoms with Crippen molar-refractivity contribution in [3.63, 3.8) is 0 Å². The van der Waals surface area contributed by atoms with E-state index in [2.05, 4.69) is 16.3 Å². The van der Waals surface area contributed by atoms with E-state index in [1.165, 1.54) is 10.7 Å². The first-order chi connectivity index (χ1) is 14.2.